The van der Waals surface area contributed by atoms with E-state index in [4.69, 9.17) is 0 Å². The smallest absolute Gasteiger partial charge is 0.227 e. The molecular formula is C20H29Cl3N4O. The van der Waals surface area contributed by atoms with E-state index in [2.05, 4.69) is 15.3 Å². The van der Waals surface area contributed by atoms with Crippen molar-refractivity contribution in [3.8, 4) is 0 Å². The zero-order valence-corrected chi connectivity index (χ0v) is 18.7. The van der Waals surface area contributed by atoms with Gasteiger partial charge in [-0.2, -0.15) is 0 Å². The first-order chi connectivity index (χ1) is 12.1. The van der Waals surface area contributed by atoms with Gasteiger partial charge < -0.3 is 10.2 Å². The molecule has 1 aliphatic rings. The quantitative estimate of drug-likeness (QED) is 0.755. The SMILES string of the molecule is Cc1cccc(CN(Cc2cccc(C)n2)C(=O)C2CCCNC2)n1.Cl.Cl.Cl. The van der Waals surface area contributed by atoms with E-state index in [-0.39, 0.29) is 49.0 Å². The topological polar surface area (TPSA) is 58.1 Å². The maximum atomic E-state index is 13.1. The number of carbonyl (C=O) groups excluding carboxylic acids is 1. The van der Waals surface area contributed by atoms with E-state index in [1.165, 1.54) is 0 Å². The summed E-state index contributed by atoms with van der Waals surface area (Å²) >= 11 is 0. The minimum Gasteiger partial charge on any atom is -0.331 e. The monoisotopic (exact) mass is 446 g/mol. The third kappa shape index (κ3) is 7.55. The van der Waals surface area contributed by atoms with Crippen LogP contribution in [-0.2, 0) is 17.9 Å². The summed E-state index contributed by atoms with van der Waals surface area (Å²) in [4.78, 5) is 24.2. The van der Waals surface area contributed by atoms with Crippen molar-refractivity contribution < 1.29 is 4.79 Å². The highest BCUT2D eigenvalue weighted by molar-refractivity contribution is 5.86. The van der Waals surface area contributed by atoms with Crippen LogP contribution in [0.2, 0.25) is 0 Å². The van der Waals surface area contributed by atoms with E-state index >= 15 is 0 Å². The molecular weight excluding hydrogens is 419 g/mol. The Morgan fingerprint density at radius 1 is 1.00 bits per heavy atom. The standard InChI is InChI=1S/C20H26N4O.3ClH/c1-15-6-3-9-18(22-15)13-24(14-19-10-4-7-16(2)23-19)20(25)17-8-5-11-21-12-17;;;/h3-4,6-7,9-10,17,21H,5,8,11-14H2,1-2H3;3*1H. The first kappa shape index (κ1) is 26.6. The Kier molecular flexibility index (Phi) is 12.3. The van der Waals surface area contributed by atoms with Crippen LogP contribution in [0.4, 0.5) is 0 Å². The van der Waals surface area contributed by atoms with Crippen LogP contribution in [0.5, 0.6) is 0 Å². The summed E-state index contributed by atoms with van der Waals surface area (Å²) in [7, 11) is 0. The third-order valence-electron chi connectivity index (χ3n) is 4.56. The highest BCUT2D eigenvalue weighted by Crippen LogP contribution is 2.17. The Morgan fingerprint density at radius 3 is 1.96 bits per heavy atom. The van der Waals surface area contributed by atoms with Crippen molar-refractivity contribution in [2.45, 2.75) is 39.8 Å². The third-order valence-corrected chi connectivity index (χ3v) is 4.56. The molecule has 0 aliphatic carbocycles. The Bertz CT molecular complexity index is 691. The van der Waals surface area contributed by atoms with Crippen molar-refractivity contribution in [3.05, 3.63) is 59.2 Å². The van der Waals surface area contributed by atoms with Crippen molar-refractivity contribution in [2.75, 3.05) is 13.1 Å². The van der Waals surface area contributed by atoms with E-state index in [1.54, 1.807) is 0 Å². The van der Waals surface area contributed by atoms with E-state index in [0.29, 0.717) is 13.1 Å². The van der Waals surface area contributed by atoms with Crippen molar-refractivity contribution in [3.63, 3.8) is 0 Å². The lowest BCUT2D eigenvalue weighted by Gasteiger charge is -2.29. The van der Waals surface area contributed by atoms with Gasteiger partial charge in [0, 0.05) is 17.9 Å². The zero-order chi connectivity index (χ0) is 17.6. The fourth-order valence-corrected chi connectivity index (χ4v) is 3.30. The van der Waals surface area contributed by atoms with Gasteiger partial charge >= 0.3 is 0 Å². The molecule has 0 aromatic carbocycles. The number of nitrogens with one attached hydrogen (secondary N) is 1. The molecule has 1 aliphatic heterocycles. The molecule has 1 unspecified atom stereocenters. The first-order valence-corrected chi connectivity index (χ1v) is 8.96. The van der Waals surface area contributed by atoms with Gasteiger partial charge in [-0.1, -0.05) is 12.1 Å². The zero-order valence-electron chi connectivity index (χ0n) is 16.3. The van der Waals surface area contributed by atoms with Crippen molar-refractivity contribution >= 4 is 43.1 Å². The molecule has 1 saturated heterocycles. The largest absolute Gasteiger partial charge is 0.331 e. The molecule has 0 saturated carbocycles. The molecule has 0 radical (unpaired) electrons. The maximum absolute atomic E-state index is 13.1. The number of hydrogen-bond acceptors (Lipinski definition) is 4. The maximum Gasteiger partial charge on any atom is 0.227 e. The van der Waals surface area contributed by atoms with Crippen LogP contribution < -0.4 is 5.32 Å². The molecule has 28 heavy (non-hydrogen) atoms. The normalized spacial score (nSPS) is 15.4. The lowest BCUT2D eigenvalue weighted by atomic mass is 9.98. The number of carbonyl (C=O) groups is 1. The van der Waals surface area contributed by atoms with Gasteiger partial charge in [-0.25, -0.2) is 0 Å². The molecule has 5 nitrogen and oxygen atoms in total. The summed E-state index contributed by atoms with van der Waals surface area (Å²) in [5.41, 5.74) is 3.78. The Labute approximate surface area is 186 Å². The van der Waals surface area contributed by atoms with Gasteiger partial charge in [0.05, 0.1) is 30.4 Å². The molecule has 3 heterocycles. The number of halogens is 3. The lowest BCUT2D eigenvalue weighted by Crippen LogP contribution is -2.42. The molecule has 1 fully saturated rings. The van der Waals surface area contributed by atoms with Crippen molar-refractivity contribution in [1.82, 2.24) is 20.2 Å². The number of aryl methyl sites for hydroxylation is 2. The van der Waals surface area contributed by atoms with E-state index < -0.39 is 0 Å². The molecule has 8 heteroatoms. The molecule has 2 aromatic heterocycles. The average molecular weight is 448 g/mol. The Hall–Kier alpha value is -1.40. The minimum absolute atomic E-state index is 0. The first-order valence-electron chi connectivity index (χ1n) is 8.96. The van der Waals surface area contributed by atoms with Crippen LogP contribution >= 0.6 is 37.2 Å². The summed E-state index contributed by atoms with van der Waals surface area (Å²) in [6.45, 7) is 6.76. The van der Waals surface area contributed by atoms with Gasteiger partial charge in [0.25, 0.3) is 0 Å². The number of pyridine rings is 2. The van der Waals surface area contributed by atoms with Crippen LogP contribution in [0.3, 0.4) is 0 Å². The van der Waals surface area contributed by atoms with E-state index in [9.17, 15) is 4.79 Å². The average Bonchev–Trinajstić information content (AvgIpc) is 2.61. The molecule has 1 atom stereocenters. The summed E-state index contributed by atoms with van der Waals surface area (Å²) < 4.78 is 0. The van der Waals surface area contributed by atoms with Gasteiger partial charge in [0.2, 0.25) is 5.91 Å². The number of nitrogens with zero attached hydrogens (tertiary/aromatic N) is 3. The minimum atomic E-state index is 0. The molecule has 2 aromatic rings. The number of piperidine rings is 1. The van der Waals surface area contributed by atoms with Crippen LogP contribution in [0.25, 0.3) is 0 Å². The fourth-order valence-electron chi connectivity index (χ4n) is 3.30. The van der Waals surface area contributed by atoms with Crippen LogP contribution in [0.1, 0.15) is 35.6 Å². The molecule has 156 valence electrons. The summed E-state index contributed by atoms with van der Waals surface area (Å²) in [6, 6.07) is 11.9. The molecule has 1 amide bonds. The molecule has 0 spiro atoms. The van der Waals surface area contributed by atoms with E-state index in [1.807, 2.05) is 55.1 Å². The predicted octanol–water partition coefficient (Wildman–Crippen LogP) is 3.89. The predicted molar refractivity (Wildman–Crippen MR) is 120 cm³/mol. The lowest BCUT2D eigenvalue weighted by molar-refractivity contribution is -0.137. The van der Waals surface area contributed by atoms with Gasteiger partial charge in [-0.05, 0) is 57.5 Å². The van der Waals surface area contributed by atoms with Crippen LogP contribution in [0, 0.1) is 19.8 Å². The molecule has 0 bridgehead atoms. The Morgan fingerprint density at radius 2 is 1.54 bits per heavy atom. The Balaban J connectivity index is 0.00000243. The summed E-state index contributed by atoms with van der Waals surface area (Å²) in [6.07, 6.45) is 2.00. The highest BCUT2D eigenvalue weighted by Gasteiger charge is 2.26. The van der Waals surface area contributed by atoms with Gasteiger partial charge in [0.1, 0.15) is 0 Å². The second kappa shape index (κ2) is 12.9. The number of rotatable bonds is 5. The second-order valence-electron chi connectivity index (χ2n) is 6.78. The van der Waals surface area contributed by atoms with Gasteiger partial charge in [0.15, 0.2) is 0 Å². The number of amides is 1. The van der Waals surface area contributed by atoms with Crippen molar-refractivity contribution in [1.29, 1.82) is 0 Å². The molecule has 3 rings (SSSR count). The fraction of sp³-hybridized carbons (Fsp3) is 0.450. The molecule has 1 N–H and O–H groups in total. The highest BCUT2D eigenvalue weighted by atomic mass is 35.5. The van der Waals surface area contributed by atoms with Gasteiger partial charge in [-0.3, -0.25) is 14.8 Å². The van der Waals surface area contributed by atoms with Crippen molar-refractivity contribution in [2.24, 2.45) is 5.92 Å². The summed E-state index contributed by atoms with van der Waals surface area (Å²) in [5.74, 6) is 0.238. The summed E-state index contributed by atoms with van der Waals surface area (Å²) in [5, 5.41) is 3.34. The van der Waals surface area contributed by atoms with Crippen LogP contribution in [0.15, 0.2) is 36.4 Å². The van der Waals surface area contributed by atoms with Crippen LogP contribution in [-0.4, -0.2) is 33.9 Å². The van der Waals surface area contributed by atoms with Gasteiger partial charge in [-0.15, -0.1) is 37.2 Å². The number of aromatic nitrogens is 2. The van der Waals surface area contributed by atoms with E-state index in [0.717, 1.165) is 48.7 Å². The second-order valence-corrected chi connectivity index (χ2v) is 6.78. The number of hydrogen-bond donors (Lipinski definition) is 1.